The number of phenols is 1. The zero-order chi connectivity index (χ0) is 14.7. The Kier molecular flexibility index (Phi) is 4.03. The molecule has 0 unspecified atom stereocenters. The van der Waals surface area contributed by atoms with E-state index >= 15 is 0 Å². The summed E-state index contributed by atoms with van der Waals surface area (Å²) in [6, 6.07) is 5.36. The van der Waals surface area contributed by atoms with Gasteiger partial charge in [-0.2, -0.15) is 0 Å². The number of para-hydroxylation sites is 1. The Morgan fingerprint density at radius 2 is 1.70 bits per heavy atom. The molecular formula is C16H18N2O2. The molecule has 1 heterocycles. The molecule has 0 aliphatic heterocycles. The van der Waals surface area contributed by atoms with Crippen molar-refractivity contribution in [3.8, 4) is 11.5 Å². The average Bonchev–Trinajstić information content (AvgIpc) is 2.43. The predicted molar refractivity (Wildman–Crippen MR) is 79.8 cm³/mol. The Morgan fingerprint density at radius 3 is 2.40 bits per heavy atom. The van der Waals surface area contributed by atoms with Gasteiger partial charge in [0.15, 0.2) is 11.5 Å². The lowest BCUT2D eigenvalue weighted by Gasteiger charge is -2.06. The number of ether oxygens (including phenoxy) is 1. The van der Waals surface area contributed by atoms with E-state index in [0.717, 1.165) is 22.8 Å². The van der Waals surface area contributed by atoms with Crippen molar-refractivity contribution in [1.82, 2.24) is 9.97 Å². The van der Waals surface area contributed by atoms with E-state index in [4.69, 9.17) is 4.74 Å². The molecule has 2 aromatic rings. The fraction of sp³-hybridized carbons (Fsp3) is 0.250. The SMILES string of the molecule is COc1cccc(/C=C/c2nc(C)c(C)nc2C)c1O. The van der Waals surface area contributed by atoms with Crippen molar-refractivity contribution in [3.05, 3.63) is 46.5 Å². The molecule has 1 aromatic heterocycles. The molecule has 4 heteroatoms. The van der Waals surface area contributed by atoms with Gasteiger partial charge in [0.05, 0.1) is 29.9 Å². The van der Waals surface area contributed by atoms with Crippen LogP contribution in [0.15, 0.2) is 18.2 Å². The molecule has 0 fully saturated rings. The highest BCUT2D eigenvalue weighted by atomic mass is 16.5. The average molecular weight is 270 g/mol. The van der Waals surface area contributed by atoms with Crippen molar-refractivity contribution in [3.63, 3.8) is 0 Å². The lowest BCUT2D eigenvalue weighted by molar-refractivity contribution is 0.373. The largest absolute Gasteiger partial charge is 0.504 e. The number of phenolic OH excluding ortho intramolecular Hbond substituents is 1. The third kappa shape index (κ3) is 2.79. The molecule has 0 atom stereocenters. The molecule has 0 bridgehead atoms. The first-order valence-electron chi connectivity index (χ1n) is 6.39. The fourth-order valence-electron chi connectivity index (χ4n) is 1.90. The molecule has 4 nitrogen and oxygen atoms in total. The zero-order valence-electron chi connectivity index (χ0n) is 12.1. The molecule has 0 spiro atoms. The van der Waals surface area contributed by atoms with Crippen molar-refractivity contribution in [2.24, 2.45) is 0 Å². The van der Waals surface area contributed by atoms with Gasteiger partial charge in [-0.05, 0) is 39.0 Å². The molecule has 1 aromatic carbocycles. The Morgan fingerprint density at radius 1 is 1.00 bits per heavy atom. The third-order valence-electron chi connectivity index (χ3n) is 3.19. The maximum atomic E-state index is 10.0. The number of hydrogen-bond acceptors (Lipinski definition) is 4. The number of rotatable bonds is 3. The maximum absolute atomic E-state index is 10.0. The van der Waals surface area contributed by atoms with E-state index in [-0.39, 0.29) is 5.75 Å². The van der Waals surface area contributed by atoms with Crippen LogP contribution in [0.5, 0.6) is 11.5 Å². The Balaban J connectivity index is 2.37. The first-order valence-corrected chi connectivity index (χ1v) is 6.39. The van der Waals surface area contributed by atoms with Gasteiger partial charge in [-0.3, -0.25) is 4.98 Å². The van der Waals surface area contributed by atoms with E-state index in [1.54, 1.807) is 6.07 Å². The minimum absolute atomic E-state index is 0.126. The summed E-state index contributed by atoms with van der Waals surface area (Å²) in [6.07, 6.45) is 3.66. The molecular weight excluding hydrogens is 252 g/mol. The Bertz CT molecular complexity index is 664. The van der Waals surface area contributed by atoms with Crippen LogP contribution < -0.4 is 4.74 Å². The normalized spacial score (nSPS) is 11.0. The fourth-order valence-corrected chi connectivity index (χ4v) is 1.90. The van der Waals surface area contributed by atoms with Gasteiger partial charge in [0.1, 0.15) is 0 Å². The van der Waals surface area contributed by atoms with Crippen LogP contribution >= 0.6 is 0 Å². The number of hydrogen-bond donors (Lipinski definition) is 1. The predicted octanol–water partition coefficient (Wildman–Crippen LogP) is 3.29. The second kappa shape index (κ2) is 5.74. The van der Waals surface area contributed by atoms with E-state index in [2.05, 4.69) is 9.97 Å². The van der Waals surface area contributed by atoms with E-state index in [9.17, 15) is 5.11 Å². The third-order valence-corrected chi connectivity index (χ3v) is 3.19. The first kappa shape index (κ1) is 14.1. The van der Waals surface area contributed by atoms with Gasteiger partial charge in [-0.25, -0.2) is 4.98 Å². The standard InChI is InChI=1S/C16H18N2O2/c1-10-11(2)18-14(12(3)17-10)9-8-13-6-5-7-15(20-4)16(13)19/h5-9,19H,1-4H3/b9-8+. The highest BCUT2D eigenvalue weighted by Gasteiger charge is 2.06. The quantitative estimate of drug-likeness (QED) is 0.929. The molecule has 0 saturated heterocycles. The summed E-state index contributed by atoms with van der Waals surface area (Å²) in [7, 11) is 1.53. The monoisotopic (exact) mass is 270 g/mol. The van der Waals surface area contributed by atoms with E-state index in [1.165, 1.54) is 7.11 Å². The van der Waals surface area contributed by atoms with Crippen LogP contribution in [-0.2, 0) is 0 Å². The van der Waals surface area contributed by atoms with E-state index < -0.39 is 0 Å². The Hall–Kier alpha value is -2.36. The summed E-state index contributed by atoms with van der Waals surface area (Å²) in [5.41, 5.74) is 4.19. The van der Waals surface area contributed by atoms with Gasteiger partial charge in [-0.1, -0.05) is 12.1 Å². The highest BCUT2D eigenvalue weighted by molar-refractivity contribution is 5.73. The van der Waals surface area contributed by atoms with Crippen molar-refractivity contribution in [2.45, 2.75) is 20.8 Å². The number of aromatic nitrogens is 2. The summed E-state index contributed by atoms with van der Waals surface area (Å²) in [6.45, 7) is 5.80. The van der Waals surface area contributed by atoms with Gasteiger partial charge < -0.3 is 9.84 Å². The second-order valence-corrected chi connectivity index (χ2v) is 4.60. The van der Waals surface area contributed by atoms with Crippen molar-refractivity contribution >= 4 is 12.2 Å². The summed E-state index contributed by atoms with van der Waals surface area (Å²) in [5, 5.41) is 10.0. The molecule has 1 N–H and O–H groups in total. The second-order valence-electron chi connectivity index (χ2n) is 4.60. The molecule has 2 rings (SSSR count). The minimum atomic E-state index is 0.126. The lowest BCUT2D eigenvalue weighted by Crippen LogP contribution is -1.98. The van der Waals surface area contributed by atoms with Crippen molar-refractivity contribution < 1.29 is 9.84 Å². The summed E-state index contributed by atoms with van der Waals surface area (Å²) < 4.78 is 5.08. The molecule has 20 heavy (non-hydrogen) atoms. The molecule has 0 aliphatic rings. The van der Waals surface area contributed by atoms with Crippen LogP contribution in [0.3, 0.4) is 0 Å². The van der Waals surface area contributed by atoms with Crippen LogP contribution in [0.1, 0.15) is 28.3 Å². The van der Waals surface area contributed by atoms with Gasteiger partial charge in [0.2, 0.25) is 0 Å². The number of methoxy groups -OCH3 is 1. The van der Waals surface area contributed by atoms with Crippen molar-refractivity contribution in [1.29, 1.82) is 0 Å². The maximum Gasteiger partial charge on any atom is 0.165 e. The number of nitrogens with zero attached hydrogens (tertiary/aromatic N) is 2. The molecule has 0 radical (unpaired) electrons. The van der Waals surface area contributed by atoms with E-state index in [0.29, 0.717) is 11.3 Å². The van der Waals surface area contributed by atoms with Gasteiger partial charge >= 0.3 is 0 Å². The molecule has 0 saturated carbocycles. The lowest BCUT2D eigenvalue weighted by atomic mass is 10.1. The molecule has 0 amide bonds. The minimum Gasteiger partial charge on any atom is -0.504 e. The van der Waals surface area contributed by atoms with Gasteiger partial charge in [0.25, 0.3) is 0 Å². The smallest absolute Gasteiger partial charge is 0.165 e. The van der Waals surface area contributed by atoms with Crippen LogP contribution in [0.25, 0.3) is 12.2 Å². The number of aryl methyl sites for hydroxylation is 3. The highest BCUT2D eigenvalue weighted by Crippen LogP contribution is 2.30. The van der Waals surface area contributed by atoms with Crippen LogP contribution in [0.2, 0.25) is 0 Å². The topological polar surface area (TPSA) is 55.2 Å². The van der Waals surface area contributed by atoms with Crippen LogP contribution in [-0.4, -0.2) is 22.2 Å². The number of benzene rings is 1. The van der Waals surface area contributed by atoms with Crippen LogP contribution in [0.4, 0.5) is 0 Å². The Labute approximate surface area is 118 Å². The van der Waals surface area contributed by atoms with E-state index in [1.807, 2.05) is 45.1 Å². The van der Waals surface area contributed by atoms with Gasteiger partial charge in [-0.15, -0.1) is 0 Å². The summed E-state index contributed by atoms with van der Waals surface area (Å²) in [5.74, 6) is 0.579. The summed E-state index contributed by atoms with van der Waals surface area (Å²) >= 11 is 0. The first-order chi connectivity index (χ1) is 9.52. The molecule has 104 valence electrons. The van der Waals surface area contributed by atoms with Crippen LogP contribution in [0, 0.1) is 20.8 Å². The summed E-state index contributed by atoms with van der Waals surface area (Å²) in [4.78, 5) is 8.94. The number of aromatic hydroxyl groups is 1. The molecule has 0 aliphatic carbocycles. The zero-order valence-corrected chi connectivity index (χ0v) is 12.1. The van der Waals surface area contributed by atoms with Gasteiger partial charge in [0, 0.05) is 5.56 Å². The van der Waals surface area contributed by atoms with Crippen molar-refractivity contribution in [2.75, 3.05) is 7.11 Å².